The Morgan fingerprint density at radius 2 is 1.80 bits per heavy atom. The predicted octanol–water partition coefficient (Wildman–Crippen LogP) is 6.50. The molecular formula is C27H20ClN3O3S. The molecule has 8 heteroatoms. The van der Waals surface area contributed by atoms with Crippen molar-refractivity contribution in [2.24, 2.45) is 0 Å². The number of carbonyl (C=O) groups excluding carboxylic acids is 1. The summed E-state index contributed by atoms with van der Waals surface area (Å²) in [4.78, 5) is 16.8. The molecule has 5 rings (SSSR count). The molecule has 5 aromatic rings. The van der Waals surface area contributed by atoms with Crippen molar-refractivity contribution in [3.05, 3.63) is 89.4 Å². The first kappa shape index (κ1) is 22.8. The van der Waals surface area contributed by atoms with Crippen LogP contribution in [0.4, 0.5) is 5.69 Å². The molecule has 6 nitrogen and oxygen atoms in total. The van der Waals surface area contributed by atoms with Crippen LogP contribution >= 0.6 is 23.8 Å². The Kier molecular flexibility index (Phi) is 6.35. The molecule has 35 heavy (non-hydrogen) atoms. The molecule has 0 bridgehead atoms. The molecule has 0 unspecified atom stereocenters. The van der Waals surface area contributed by atoms with Crippen molar-refractivity contribution < 1.29 is 13.9 Å². The molecule has 1 amide bonds. The molecule has 0 aliphatic rings. The monoisotopic (exact) mass is 501 g/mol. The van der Waals surface area contributed by atoms with E-state index in [4.69, 9.17) is 33.0 Å². The Morgan fingerprint density at radius 3 is 2.63 bits per heavy atom. The van der Waals surface area contributed by atoms with Crippen molar-refractivity contribution in [2.75, 3.05) is 11.9 Å². The molecule has 0 atom stereocenters. The van der Waals surface area contributed by atoms with Crippen LogP contribution in [0, 0.1) is 6.92 Å². The van der Waals surface area contributed by atoms with Crippen molar-refractivity contribution in [3.63, 3.8) is 0 Å². The third-order valence-electron chi connectivity index (χ3n) is 5.39. The number of nitrogens with zero attached hydrogens (tertiary/aromatic N) is 1. The minimum absolute atomic E-state index is 0.147. The maximum Gasteiger partial charge on any atom is 0.264 e. The fourth-order valence-electron chi connectivity index (χ4n) is 3.69. The van der Waals surface area contributed by atoms with Gasteiger partial charge in [-0.05, 0) is 67.0 Å². The second-order valence-electron chi connectivity index (χ2n) is 7.95. The SMILES string of the molecule is Cc1ccc(OCC(=O)NC(=S)Nc2ccc3oc(-c4cccc5c(Cl)cccc45)nc3c2)cc1. The van der Waals surface area contributed by atoms with Gasteiger partial charge in [-0.15, -0.1) is 0 Å². The smallest absolute Gasteiger partial charge is 0.264 e. The van der Waals surface area contributed by atoms with Crippen LogP contribution in [0.25, 0.3) is 33.3 Å². The third kappa shape index (κ3) is 5.11. The highest BCUT2D eigenvalue weighted by Gasteiger charge is 2.13. The second kappa shape index (κ2) is 9.74. The summed E-state index contributed by atoms with van der Waals surface area (Å²) in [6, 6.07) is 24.5. The van der Waals surface area contributed by atoms with Gasteiger partial charge in [-0.2, -0.15) is 0 Å². The Hall–Kier alpha value is -3.94. The zero-order chi connectivity index (χ0) is 24.4. The van der Waals surface area contributed by atoms with E-state index in [1.807, 2.05) is 73.7 Å². The van der Waals surface area contributed by atoms with Crippen molar-refractivity contribution in [1.29, 1.82) is 0 Å². The molecule has 0 saturated heterocycles. The number of thiocarbonyl (C=S) groups is 1. The molecule has 0 aliphatic heterocycles. The van der Waals surface area contributed by atoms with Gasteiger partial charge < -0.3 is 14.5 Å². The molecule has 174 valence electrons. The van der Waals surface area contributed by atoms with E-state index in [1.165, 1.54) is 0 Å². The average molecular weight is 502 g/mol. The number of aromatic nitrogens is 1. The maximum atomic E-state index is 12.2. The summed E-state index contributed by atoms with van der Waals surface area (Å²) in [6.45, 7) is 1.84. The highest BCUT2D eigenvalue weighted by Crippen LogP contribution is 2.33. The molecule has 4 aromatic carbocycles. The number of halogens is 1. The number of amides is 1. The number of rotatable bonds is 5. The van der Waals surface area contributed by atoms with Gasteiger partial charge >= 0.3 is 0 Å². The van der Waals surface area contributed by atoms with E-state index in [9.17, 15) is 4.79 Å². The lowest BCUT2D eigenvalue weighted by Crippen LogP contribution is -2.37. The minimum Gasteiger partial charge on any atom is -0.484 e. The summed E-state index contributed by atoms with van der Waals surface area (Å²) < 4.78 is 11.5. The lowest BCUT2D eigenvalue weighted by Gasteiger charge is -2.10. The van der Waals surface area contributed by atoms with Crippen LogP contribution in [0.1, 0.15) is 5.56 Å². The maximum absolute atomic E-state index is 12.2. The highest BCUT2D eigenvalue weighted by atomic mass is 35.5. The summed E-state index contributed by atoms with van der Waals surface area (Å²) in [5.41, 5.74) is 3.92. The predicted molar refractivity (Wildman–Crippen MR) is 143 cm³/mol. The molecule has 0 saturated carbocycles. The van der Waals surface area contributed by atoms with E-state index in [-0.39, 0.29) is 17.6 Å². The molecule has 2 N–H and O–H groups in total. The summed E-state index contributed by atoms with van der Waals surface area (Å²) in [5.74, 6) is 0.752. The van der Waals surface area contributed by atoms with Crippen LogP contribution in [-0.2, 0) is 4.79 Å². The Labute approximate surface area is 211 Å². The number of anilines is 1. The fourth-order valence-corrected chi connectivity index (χ4v) is 4.16. The van der Waals surface area contributed by atoms with Gasteiger partial charge in [0.05, 0.1) is 0 Å². The summed E-state index contributed by atoms with van der Waals surface area (Å²) in [7, 11) is 0. The number of fused-ring (bicyclic) bond motifs is 2. The normalized spacial score (nSPS) is 10.9. The first-order valence-corrected chi connectivity index (χ1v) is 11.6. The lowest BCUT2D eigenvalue weighted by molar-refractivity contribution is -0.121. The summed E-state index contributed by atoms with van der Waals surface area (Å²) in [6.07, 6.45) is 0. The van der Waals surface area contributed by atoms with E-state index in [0.29, 0.717) is 33.4 Å². The zero-order valence-corrected chi connectivity index (χ0v) is 20.2. The van der Waals surface area contributed by atoms with Gasteiger partial charge in [0, 0.05) is 21.7 Å². The molecule has 0 spiro atoms. The number of nitrogens with one attached hydrogen (secondary N) is 2. The van der Waals surface area contributed by atoms with Gasteiger partial charge in [0.15, 0.2) is 17.3 Å². The Balaban J connectivity index is 1.27. The molecule has 0 radical (unpaired) electrons. The van der Waals surface area contributed by atoms with Crippen LogP contribution in [0.2, 0.25) is 5.02 Å². The van der Waals surface area contributed by atoms with Gasteiger partial charge in [0.1, 0.15) is 11.3 Å². The number of hydrogen-bond donors (Lipinski definition) is 2. The second-order valence-corrected chi connectivity index (χ2v) is 8.76. The van der Waals surface area contributed by atoms with E-state index >= 15 is 0 Å². The van der Waals surface area contributed by atoms with Gasteiger partial charge in [0.25, 0.3) is 5.91 Å². The third-order valence-corrected chi connectivity index (χ3v) is 5.92. The number of hydrogen-bond acceptors (Lipinski definition) is 5. The van der Waals surface area contributed by atoms with E-state index in [2.05, 4.69) is 15.6 Å². The molecule has 1 heterocycles. The molecule has 1 aromatic heterocycles. The van der Waals surface area contributed by atoms with Crippen LogP contribution in [0.3, 0.4) is 0 Å². The summed E-state index contributed by atoms with van der Waals surface area (Å²) >= 11 is 11.6. The van der Waals surface area contributed by atoms with Gasteiger partial charge in [-0.25, -0.2) is 4.98 Å². The largest absolute Gasteiger partial charge is 0.484 e. The lowest BCUT2D eigenvalue weighted by atomic mass is 10.0. The Morgan fingerprint density at radius 1 is 1.03 bits per heavy atom. The highest BCUT2D eigenvalue weighted by molar-refractivity contribution is 7.80. The number of benzene rings is 4. The van der Waals surface area contributed by atoms with Crippen molar-refractivity contribution in [3.8, 4) is 17.2 Å². The van der Waals surface area contributed by atoms with E-state index in [1.54, 1.807) is 12.1 Å². The first-order valence-electron chi connectivity index (χ1n) is 10.8. The van der Waals surface area contributed by atoms with E-state index in [0.717, 1.165) is 21.9 Å². The first-order chi connectivity index (χ1) is 17.0. The molecule has 0 aliphatic carbocycles. The van der Waals surface area contributed by atoms with Crippen molar-refractivity contribution >= 4 is 62.4 Å². The van der Waals surface area contributed by atoms with Gasteiger partial charge in [-0.3, -0.25) is 10.1 Å². The average Bonchev–Trinajstić information content (AvgIpc) is 3.27. The van der Waals surface area contributed by atoms with Gasteiger partial charge in [0.2, 0.25) is 5.89 Å². The van der Waals surface area contributed by atoms with Crippen molar-refractivity contribution in [1.82, 2.24) is 10.3 Å². The number of ether oxygens (including phenoxy) is 1. The zero-order valence-electron chi connectivity index (χ0n) is 18.7. The number of carbonyl (C=O) groups is 1. The minimum atomic E-state index is -0.359. The van der Waals surface area contributed by atoms with Crippen LogP contribution in [0.15, 0.2) is 83.3 Å². The fraction of sp³-hybridized carbons (Fsp3) is 0.0741. The molecular weight excluding hydrogens is 482 g/mol. The quantitative estimate of drug-likeness (QED) is 0.268. The topological polar surface area (TPSA) is 76.4 Å². The number of aryl methyl sites for hydroxylation is 1. The van der Waals surface area contributed by atoms with Crippen molar-refractivity contribution in [2.45, 2.75) is 6.92 Å². The van der Waals surface area contributed by atoms with E-state index < -0.39 is 0 Å². The standard InChI is InChI=1S/C27H20ClN3O3S/c1-16-8-11-18(12-9-16)33-15-25(32)31-27(35)29-17-10-13-24-23(14-17)30-26(34-24)21-6-2-5-20-19(21)4-3-7-22(20)28/h2-14H,15H2,1H3,(H2,29,31,32,35). The summed E-state index contributed by atoms with van der Waals surface area (Å²) in [5, 5.41) is 8.34. The molecule has 0 fully saturated rings. The van der Waals surface area contributed by atoms with Crippen LogP contribution < -0.4 is 15.4 Å². The van der Waals surface area contributed by atoms with Crippen LogP contribution in [0.5, 0.6) is 5.75 Å². The number of oxazole rings is 1. The van der Waals surface area contributed by atoms with Crippen LogP contribution in [-0.4, -0.2) is 22.6 Å². The Bertz CT molecular complexity index is 1560. The van der Waals surface area contributed by atoms with Gasteiger partial charge in [-0.1, -0.05) is 53.6 Å².